The third kappa shape index (κ3) is 3.22. The van der Waals surface area contributed by atoms with Gasteiger partial charge in [0.1, 0.15) is 0 Å². The van der Waals surface area contributed by atoms with Crippen LogP contribution in [0, 0.1) is 0 Å². The summed E-state index contributed by atoms with van der Waals surface area (Å²) in [6, 6.07) is 0. The number of alkyl halides is 1. The quantitative estimate of drug-likeness (QED) is 0.436. The highest BCUT2D eigenvalue weighted by atomic mass is 35.5. The molecule has 0 aliphatic carbocycles. The third-order valence-corrected chi connectivity index (χ3v) is 1.77. The largest absolute Gasteiger partial charge is 0.435 e. The normalized spacial score (nSPS) is 13.9. The van der Waals surface area contributed by atoms with Crippen molar-refractivity contribution in [2.24, 2.45) is 5.73 Å². The molecule has 0 bridgehead atoms. The van der Waals surface area contributed by atoms with Gasteiger partial charge in [-0.25, -0.2) is 4.79 Å². The van der Waals surface area contributed by atoms with Crippen LogP contribution in [0.25, 0.3) is 0 Å². The summed E-state index contributed by atoms with van der Waals surface area (Å²) in [5.41, 5.74) is 4.93. The van der Waals surface area contributed by atoms with E-state index in [0.717, 1.165) is 0 Å². The lowest BCUT2D eigenvalue weighted by atomic mass is 10.2. The number of nitrogens with two attached hydrogens (primary N) is 1. The van der Waals surface area contributed by atoms with E-state index in [4.69, 9.17) is 22.1 Å². The molecule has 0 aliphatic rings. The maximum atomic E-state index is 11.1. The van der Waals surface area contributed by atoms with Crippen molar-refractivity contribution in [3.8, 4) is 0 Å². The van der Waals surface area contributed by atoms with Gasteiger partial charge in [-0.2, -0.15) is 0 Å². The maximum Gasteiger partial charge on any atom is 0.335 e. The molecule has 0 heterocycles. The first-order chi connectivity index (χ1) is 6.18. The molecule has 0 saturated carbocycles. The topological polar surface area (TPSA) is 69.4 Å². The average Bonchev–Trinajstić information content (AvgIpc) is 2.01. The highest BCUT2D eigenvalue weighted by molar-refractivity contribution is 6.28. The summed E-state index contributed by atoms with van der Waals surface area (Å²) in [5.74, 6) is -1.53. The van der Waals surface area contributed by atoms with Gasteiger partial charge in [0.05, 0.1) is 5.57 Å². The number of primary amides is 1. The number of rotatable bonds is 4. The van der Waals surface area contributed by atoms with E-state index >= 15 is 0 Å². The van der Waals surface area contributed by atoms with E-state index in [1.54, 1.807) is 0 Å². The summed E-state index contributed by atoms with van der Waals surface area (Å²) in [7, 11) is 0. The van der Waals surface area contributed by atoms with E-state index in [1.807, 2.05) is 0 Å². The molecule has 0 aromatic heterocycles. The van der Waals surface area contributed by atoms with Gasteiger partial charge in [0.15, 0.2) is 0 Å². The highest BCUT2D eigenvalue weighted by Crippen LogP contribution is 2.25. The van der Waals surface area contributed by atoms with Crippen LogP contribution in [-0.2, 0) is 14.3 Å². The molecular formula is C9H12ClNO3. The van der Waals surface area contributed by atoms with Crippen LogP contribution in [0.15, 0.2) is 24.3 Å². The molecule has 4 nitrogen and oxygen atoms in total. The lowest BCUT2D eigenvalue weighted by Crippen LogP contribution is -2.34. The highest BCUT2D eigenvalue weighted by Gasteiger charge is 2.32. The van der Waals surface area contributed by atoms with Crippen molar-refractivity contribution < 1.29 is 14.3 Å². The van der Waals surface area contributed by atoms with Crippen LogP contribution in [0.3, 0.4) is 0 Å². The SMILES string of the molecule is C=C(C)C(=O)OC(C)(Cl)C(=C)C(N)=O. The van der Waals surface area contributed by atoms with Crippen LogP contribution < -0.4 is 5.73 Å². The predicted octanol–water partition coefficient (Wildman–Crippen LogP) is 1.10. The number of carbonyl (C=O) groups is 2. The summed E-state index contributed by atoms with van der Waals surface area (Å²) in [6.45, 7) is 9.46. The van der Waals surface area contributed by atoms with E-state index < -0.39 is 16.9 Å². The first-order valence-corrected chi connectivity index (χ1v) is 4.13. The Balaban J connectivity index is 4.65. The van der Waals surface area contributed by atoms with Gasteiger partial charge >= 0.3 is 5.97 Å². The molecule has 0 aromatic rings. The predicted molar refractivity (Wildman–Crippen MR) is 53.5 cm³/mol. The minimum atomic E-state index is -1.62. The summed E-state index contributed by atoms with van der Waals surface area (Å²) >= 11 is 5.74. The van der Waals surface area contributed by atoms with Gasteiger partial charge in [-0.15, -0.1) is 0 Å². The fourth-order valence-electron chi connectivity index (χ4n) is 0.543. The monoisotopic (exact) mass is 217 g/mol. The third-order valence-electron chi connectivity index (χ3n) is 1.47. The van der Waals surface area contributed by atoms with Gasteiger partial charge in [0.2, 0.25) is 11.0 Å². The Morgan fingerprint density at radius 2 is 1.86 bits per heavy atom. The van der Waals surface area contributed by atoms with Crippen LogP contribution in [0.1, 0.15) is 13.8 Å². The molecule has 78 valence electrons. The molecule has 2 N–H and O–H groups in total. The van der Waals surface area contributed by atoms with Crippen LogP contribution in [-0.4, -0.2) is 16.9 Å². The molecule has 0 saturated heterocycles. The average molecular weight is 218 g/mol. The van der Waals surface area contributed by atoms with Gasteiger partial charge in [-0.3, -0.25) is 4.79 Å². The number of halogens is 1. The number of hydrogen-bond acceptors (Lipinski definition) is 3. The second-order valence-corrected chi connectivity index (χ2v) is 3.65. The van der Waals surface area contributed by atoms with E-state index in [0.29, 0.717) is 0 Å². The van der Waals surface area contributed by atoms with Crippen molar-refractivity contribution in [1.29, 1.82) is 0 Å². The molecule has 14 heavy (non-hydrogen) atoms. The zero-order chi connectivity index (χ0) is 11.5. The molecule has 0 spiro atoms. The molecule has 0 fully saturated rings. The Morgan fingerprint density at radius 3 is 2.14 bits per heavy atom. The number of esters is 1. The van der Waals surface area contributed by atoms with Crippen molar-refractivity contribution >= 4 is 23.5 Å². The lowest BCUT2D eigenvalue weighted by Gasteiger charge is -2.22. The summed E-state index contributed by atoms with van der Waals surface area (Å²) in [6.07, 6.45) is 0. The molecule has 0 radical (unpaired) electrons. The van der Waals surface area contributed by atoms with Gasteiger partial charge in [0, 0.05) is 5.57 Å². The Bertz CT molecular complexity index is 307. The molecule has 1 unspecified atom stereocenters. The Kier molecular flexibility index (Phi) is 3.89. The van der Waals surface area contributed by atoms with Crippen molar-refractivity contribution in [2.75, 3.05) is 0 Å². The number of hydrogen-bond donors (Lipinski definition) is 1. The van der Waals surface area contributed by atoms with Gasteiger partial charge < -0.3 is 10.5 Å². The van der Waals surface area contributed by atoms with Crippen LogP contribution in [0.2, 0.25) is 0 Å². The van der Waals surface area contributed by atoms with Crippen molar-refractivity contribution in [1.82, 2.24) is 0 Å². The molecule has 1 atom stereocenters. The zero-order valence-electron chi connectivity index (χ0n) is 8.09. The fourth-order valence-corrected chi connectivity index (χ4v) is 0.706. The van der Waals surface area contributed by atoms with Gasteiger partial charge in [0.25, 0.3) is 0 Å². The van der Waals surface area contributed by atoms with Crippen molar-refractivity contribution in [2.45, 2.75) is 18.9 Å². The molecule has 0 aromatic carbocycles. The second-order valence-electron chi connectivity index (χ2n) is 2.93. The van der Waals surface area contributed by atoms with Crippen molar-refractivity contribution in [3.05, 3.63) is 24.3 Å². The number of ether oxygens (including phenoxy) is 1. The Morgan fingerprint density at radius 1 is 1.43 bits per heavy atom. The van der Waals surface area contributed by atoms with Crippen LogP contribution in [0.4, 0.5) is 0 Å². The van der Waals surface area contributed by atoms with Crippen LogP contribution in [0.5, 0.6) is 0 Å². The van der Waals surface area contributed by atoms with Gasteiger partial charge in [-0.05, 0) is 13.8 Å². The minimum Gasteiger partial charge on any atom is -0.435 e. The first kappa shape index (κ1) is 12.7. The van der Waals surface area contributed by atoms with E-state index in [9.17, 15) is 9.59 Å². The van der Waals surface area contributed by atoms with Crippen LogP contribution >= 0.6 is 11.6 Å². The smallest absolute Gasteiger partial charge is 0.335 e. The fraction of sp³-hybridized carbons (Fsp3) is 0.333. The molecule has 1 amide bonds. The maximum absolute atomic E-state index is 11.1. The minimum absolute atomic E-state index is 0.175. The summed E-state index contributed by atoms with van der Waals surface area (Å²) in [4.78, 5) is 21.8. The zero-order valence-corrected chi connectivity index (χ0v) is 8.85. The number of amides is 1. The molecule has 0 aliphatic heterocycles. The van der Waals surface area contributed by atoms with Crippen molar-refractivity contribution in [3.63, 3.8) is 0 Å². The van der Waals surface area contributed by atoms with E-state index in [1.165, 1.54) is 13.8 Å². The molecule has 5 heteroatoms. The van der Waals surface area contributed by atoms with Gasteiger partial charge in [-0.1, -0.05) is 24.8 Å². The standard InChI is InChI=1S/C9H12ClNO3/c1-5(2)8(13)14-9(4,10)6(3)7(11)12/h1,3H2,2,4H3,(H2,11,12). The summed E-state index contributed by atoms with van der Waals surface area (Å²) in [5, 5.41) is -1.62. The molecule has 0 rings (SSSR count). The molecular weight excluding hydrogens is 206 g/mol. The first-order valence-electron chi connectivity index (χ1n) is 3.75. The Hall–Kier alpha value is -1.29. The lowest BCUT2D eigenvalue weighted by molar-refractivity contribution is -0.144. The second kappa shape index (κ2) is 4.28. The Labute approximate surface area is 87.4 Å². The van der Waals surface area contributed by atoms with E-state index in [2.05, 4.69) is 13.2 Å². The summed E-state index contributed by atoms with van der Waals surface area (Å²) < 4.78 is 4.75. The number of carbonyl (C=O) groups excluding carboxylic acids is 2. The van der Waals surface area contributed by atoms with E-state index in [-0.39, 0.29) is 11.1 Å².